The number of anilines is 1. The number of aromatic nitrogens is 1. The first-order chi connectivity index (χ1) is 14.9. The molecule has 0 aromatic carbocycles. The van der Waals surface area contributed by atoms with Gasteiger partial charge in [-0.15, -0.1) is 0 Å². The van der Waals surface area contributed by atoms with Gasteiger partial charge in [-0.05, 0) is 58.6 Å². The van der Waals surface area contributed by atoms with E-state index in [1.54, 1.807) is 39.1 Å². The highest BCUT2D eigenvalue weighted by molar-refractivity contribution is 7.80. The molecule has 1 aliphatic carbocycles. The highest BCUT2D eigenvalue weighted by Gasteiger charge is 2.36. The lowest BCUT2D eigenvalue weighted by molar-refractivity contribution is -0.136. The molecule has 3 atom stereocenters. The van der Waals surface area contributed by atoms with E-state index in [0.717, 1.165) is 17.0 Å². The predicted octanol–water partition coefficient (Wildman–Crippen LogP) is 2.40. The highest BCUT2D eigenvalue weighted by Crippen LogP contribution is 2.27. The number of nitrogens with one attached hydrogen (secondary N) is 3. The first-order valence-corrected chi connectivity index (χ1v) is 11.0. The Morgan fingerprint density at radius 3 is 2.34 bits per heavy atom. The maximum Gasteiger partial charge on any atom is 0.407 e. The summed E-state index contributed by atoms with van der Waals surface area (Å²) in [5.74, 6) is -1.25. The molecule has 0 saturated heterocycles. The van der Waals surface area contributed by atoms with Crippen LogP contribution in [0.3, 0.4) is 0 Å². The Labute approximate surface area is 194 Å². The van der Waals surface area contributed by atoms with Crippen LogP contribution in [0.1, 0.15) is 45.6 Å². The summed E-state index contributed by atoms with van der Waals surface area (Å²) in [5, 5.41) is 8.09. The average molecular weight is 464 g/mol. The number of carbonyl (C=O) groups is 3. The maximum absolute atomic E-state index is 12.5. The third-order valence-corrected chi connectivity index (χ3v) is 5.72. The minimum Gasteiger partial charge on any atom is -0.444 e. The van der Waals surface area contributed by atoms with Gasteiger partial charge in [-0.2, -0.15) is 0 Å². The van der Waals surface area contributed by atoms with Gasteiger partial charge in [0.05, 0.1) is 11.0 Å². The molecule has 1 fully saturated rings. The largest absolute Gasteiger partial charge is 0.444 e. The van der Waals surface area contributed by atoms with Gasteiger partial charge in [-0.25, -0.2) is 9.78 Å². The standard InChI is InChI=1S/C22H33N5O4S/c1-13-7-10-17(23-12-13)26-19(29)18(28)24-15-9-8-14(20(32)27(5)6)11-16(15)25-21(30)31-22(2,3)4/h7,10,12,14-16H,8-9,11H2,1-6H3,(H,24,28)(H,25,30)(H,23,26,29)/t14-,15-,16+/m0/s1. The number of hydrogen-bond acceptors (Lipinski definition) is 6. The number of thiocarbonyl (C=S) groups is 1. The van der Waals surface area contributed by atoms with Crippen LogP contribution >= 0.6 is 12.2 Å². The number of amides is 3. The van der Waals surface area contributed by atoms with E-state index in [9.17, 15) is 14.4 Å². The van der Waals surface area contributed by atoms with Crippen molar-refractivity contribution in [2.75, 3.05) is 19.4 Å². The topological polar surface area (TPSA) is 113 Å². The zero-order valence-corrected chi connectivity index (χ0v) is 20.3. The molecule has 176 valence electrons. The van der Waals surface area contributed by atoms with E-state index in [2.05, 4.69) is 20.9 Å². The molecule has 9 nitrogen and oxygen atoms in total. The van der Waals surface area contributed by atoms with Crippen LogP contribution in [0.2, 0.25) is 0 Å². The zero-order valence-electron chi connectivity index (χ0n) is 19.5. The van der Waals surface area contributed by atoms with Gasteiger partial charge in [-0.1, -0.05) is 18.3 Å². The van der Waals surface area contributed by atoms with Gasteiger partial charge >= 0.3 is 17.9 Å². The number of ether oxygens (including phenoxy) is 1. The number of pyridine rings is 1. The van der Waals surface area contributed by atoms with Crippen LogP contribution < -0.4 is 16.0 Å². The van der Waals surface area contributed by atoms with E-state index >= 15 is 0 Å². The fourth-order valence-electron chi connectivity index (χ4n) is 3.50. The predicted molar refractivity (Wildman–Crippen MR) is 126 cm³/mol. The second-order valence-corrected chi connectivity index (χ2v) is 9.67. The molecular weight excluding hydrogens is 430 g/mol. The monoisotopic (exact) mass is 463 g/mol. The summed E-state index contributed by atoms with van der Waals surface area (Å²) in [5.41, 5.74) is 0.285. The molecule has 2 rings (SSSR count). The van der Waals surface area contributed by atoms with Crippen molar-refractivity contribution in [2.45, 2.75) is 64.6 Å². The van der Waals surface area contributed by atoms with Gasteiger partial charge in [0.25, 0.3) is 0 Å². The highest BCUT2D eigenvalue weighted by atomic mass is 32.1. The van der Waals surface area contributed by atoms with Crippen molar-refractivity contribution < 1.29 is 19.1 Å². The number of aryl methyl sites for hydroxylation is 1. The number of hydrogen-bond donors (Lipinski definition) is 3. The molecule has 0 radical (unpaired) electrons. The van der Waals surface area contributed by atoms with Crippen molar-refractivity contribution in [3.05, 3.63) is 23.9 Å². The van der Waals surface area contributed by atoms with Crippen LogP contribution in [0, 0.1) is 12.8 Å². The fraction of sp³-hybridized carbons (Fsp3) is 0.591. The molecule has 1 heterocycles. The van der Waals surface area contributed by atoms with Gasteiger partial charge in [0.15, 0.2) is 0 Å². The van der Waals surface area contributed by atoms with Crippen molar-refractivity contribution in [1.82, 2.24) is 20.5 Å². The normalized spacial score (nSPS) is 20.6. The Bertz CT molecular complexity index is 851. The second kappa shape index (κ2) is 10.7. The molecule has 1 saturated carbocycles. The van der Waals surface area contributed by atoms with Gasteiger partial charge in [0, 0.05) is 32.3 Å². The summed E-state index contributed by atoms with van der Waals surface area (Å²) in [6.45, 7) is 7.21. The molecule has 0 aliphatic heterocycles. The summed E-state index contributed by atoms with van der Waals surface area (Å²) in [4.78, 5) is 44.0. The Balaban J connectivity index is 2.07. The minimum atomic E-state index is -0.816. The van der Waals surface area contributed by atoms with Crippen molar-refractivity contribution in [2.24, 2.45) is 5.92 Å². The molecule has 3 amide bonds. The molecule has 1 aliphatic rings. The van der Waals surface area contributed by atoms with Crippen molar-refractivity contribution >= 4 is 40.9 Å². The van der Waals surface area contributed by atoms with Crippen LogP contribution in [0.5, 0.6) is 0 Å². The smallest absolute Gasteiger partial charge is 0.407 e. The second-order valence-electron chi connectivity index (χ2n) is 9.25. The van der Waals surface area contributed by atoms with Crippen LogP contribution in [-0.2, 0) is 14.3 Å². The summed E-state index contributed by atoms with van der Waals surface area (Å²) >= 11 is 5.53. The number of carbonyl (C=O) groups excluding carboxylic acids is 3. The summed E-state index contributed by atoms with van der Waals surface area (Å²) in [6.07, 6.45) is 2.84. The Hall–Kier alpha value is -2.75. The first kappa shape index (κ1) is 25.5. The van der Waals surface area contributed by atoms with Crippen LogP contribution in [0.15, 0.2) is 18.3 Å². The lowest BCUT2D eigenvalue weighted by Gasteiger charge is -2.38. The quantitative estimate of drug-likeness (QED) is 0.464. The van der Waals surface area contributed by atoms with Crippen molar-refractivity contribution in [3.63, 3.8) is 0 Å². The number of alkyl carbamates (subject to hydrolysis) is 1. The minimum absolute atomic E-state index is 0.0682. The molecule has 1 aromatic heterocycles. The summed E-state index contributed by atoms with van der Waals surface area (Å²) in [7, 11) is 3.77. The third kappa shape index (κ3) is 7.74. The molecular formula is C22H33N5O4S. The van der Waals surface area contributed by atoms with Gasteiger partial charge in [0.2, 0.25) is 0 Å². The van der Waals surface area contributed by atoms with Gasteiger partial charge in [-0.3, -0.25) is 9.59 Å². The zero-order chi connectivity index (χ0) is 24.1. The van der Waals surface area contributed by atoms with E-state index in [-0.39, 0.29) is 5.92 Å². The summed E-state index contributed by atoms with van der Waals surface area (Å²) < 4.78 is 5.38. The van der Waals surface area contributed by atoms with Crippen LogP contribution in [0.4, 0.5) is 10.6 Å². The molecule has 0 bridgehead atoms. The van der Waals surface area contributed by atoms with E-state index in [0.29, 0.717) is 18.7 Å². The lowest BCUT2D eigenvalue weighted by Crippen LogP contribution is -2.57. The van der Waals surface area contributed by atoms with E-state index in [1.165, 1.54) is 0 Å². The summed E-state index contributed by atoms with van der Waals surface area (Å²) in [6, 6.07) is 2.54. The molecule has 3 N–H and O–H groups in total. The average Bonchev–Trinajstić information content (AvgIpc) is 2.68. The van der Waals surface area contributed by atoms with E-state index in [4.69, 9.17) is 17.0 Å². The van der Waals surface area contributed by atoms with Gasteiger partial charge in [0.1, 0.15) is 11.4 Å². The number of rotatable bonds is 4. The van der Waals surface area contributed by atoms with Crippen LogP contribution in [0.25, 0.3) is 0 Å². The molecule has 32 heavy (non-hydrogen) atoms. The molecule has 0 spiro atoms. The van der Waals surface area contributed by atoms with E-state index < -0.39 is 35.6 Å². The Morgan fingerprint density at radius 1 is 1.09 bits per heavy atom. The third-order valence-electron chi connectivity index (χ3n) is 5.02. The Kier molecular flexibility index (Phi) is 8.54. The van der Waals surface area contributed by atoms with Gasteiger partial charge < -0.3 is 25.6 Å². The van der Waals surface area contributed by atoms with Crippen LogP contribution in [-0.4, -0.2) is 64.6 Å². The Morgan fingerprint density at radius 2 is 1.78 bits per heavy atom. The molecule has 10 heteroatoms. The first-order valence-electron chi connectivity index (χ1n) is 10.6. The molecule has 1 aromatic rings. The fourth-order valence-corrected chi connectivity index (χ4v) is 3.71. The van der Waals surface area contributed by atoms with Crippen molar-refractivity contribution in [1.29, 1.82) is 0 Å². The SMILES string of the molecule is Cc1ccc(NC(=O)C(=O)N[C@H]2CC[C@H](C(=S)N(C)C)C[C@H]2NC(=O)OC(C)(C)C)nc1. The van der Waals surface area contributed by atoms with Crippen molar-refractivity contribution in [3.8, 4) is 0 Å². The van der Waals surface area contributed by atoms with E-state index in [1.807, 2.05) is 25.9 Å². The lowest BCUT2D eigenvalue weighted by atomic mass is 9.82. The number of nitrogens with zero attached hydrogens (tertiary/aromatic N) is 2. The maximum atomic E-state index is 12.5. The molecule has 0 unspecified atom stereocenters.